The number of hydrogen-bond donors (Lipinski definition) is 1. The van der Waals surface area contributed by atoms with E-state index in [0.29, 0.717) is 0 Å². The molecule has 6 heteroatoms. The van der Waals surface area contributed by atoms with Crippen molar-refractivity contribution in [1.29, 1.82) is 5.41 Å². The summed E-state index contributed by atoms with van der Waals surface area (Å²) >= 11 is 0. The molecular weight excluding hydrogens is 238 g/mol. The van der Waals surface area contributed by atoms with Crippen molar-refractivity contribution in [3.8, 4) is 0 Å². The van der Waals surface area contributed by atoms with Gasteiger partial charge in [-0.3, -0.25) is 10.2 Å². The smallest absolute Gasteiger partial charge is 0.304 e. The molecule has 16 heavy (non-hydrogen) atoms. The van der Waals surface area contributed by atoms with Crippen LogP contribution in [-0.4, -0.2) is 28.5 Å². The molecule has 0 radical (unpaired) electrons. The van der Waals surface area contributed by atoms with Crippen molar-refractivity contribution < 1.29 is 13.6 Å². The van der Waals surface area contributed by atoms with Crippen LogP contribution in [0.5, 0.6) is 0 Å². The highest BCUT2D eigenvalue weighted by atomic mass is 28.4. The standard InChI is InChI=1S/C10H23NO3Si2/c1-8(9(11)13-15(2,3)4)10(12)14-16(5,6)7/h8,11H,1-7H3. The third-order valence-electron chi connectivity index (χ3n) is 1.57. The first kappa shape index (κ1) is 15.4. The minimum atomic E-state index is -1.88. The van der Waals surface area contributed by atoms with Crippen molar-refractivity contribution in [2.75, 3.05) is 0 Å². The maximum Gasteiger partial charge on any atom is 0.304 e. The fourth-order valence-corrected chi connectivity index (χ4v) is 2.53. The molecule has 0 rings (SSSR count). The zero-order valence-corrected chi connectivity index (χ0v) is 13.3. The second kappa shape index (κ2) is 5.14. The summed E-state index contributed by atoms with van der Waals surface area (Å²) in [6.07, 6.45) is 0. The van der Waals surface area contributed by atoms with Gasteiger partial charge < -0.3 is 8.85 Å². The van der Waals surface area contributed by atoms with Gasteiger partial charge in [-0.2, -0.15) is 0 Å². The SMILES string of the molecule is CC(C(=N)O[Si](C)(C)C)C(=O)O[Si](C)(C)C. The molecule has 94 valence electrons. The first-order chi connectivity index (χ1) is 6.92. The van der Waals surface area contributed by atoms with Crippen LogP contribution in [0.25, 0.3) is 0 Å². The molecule has 0 aliphatic rings. The van der Waals surface area contributed by atoms with Crippen molar-refractivity contribution >= 4 is 28.5 Å². The highest BCUT2D eigenvalue weighted by molar-refractivity contribution is 6.72. The van der Waals surface area contributed by atoms with Crippen molar-refractivity contribution in [2.24, 2.45) is 5.92 Å². The lowest BCUT2D eigenvalue weighted by molar-refractivity contribution is -0.137. The van der Waals surface area contributed by atoms with Gasteiger partial charge in [-0.1, -0.05) is 0 Å². The fraction of sp³-hybridized carbons (Fsp3) is 0.800. The van der Waals surface area contributed by atoms with Gasteiger partial charge in [0.1, 0.15) is 5.92 Å². The van der Waals surface area contributed by atoms with Gasteiger partial charge in [-0.25, -0.2) is 0 Å². The second-order valence-corrected chi connectivity index (χ2v) is 14.7. The number of carbonyl (C=O) groups excluding carboxylic acids is 1. The Hall–Kier alpha value is -0.626. The summed E-state index contributed by atoms with van der Waals surface area (Å²) in [4.78, 5) is 11.7. The van der Waals surface area contributed by atoms with E-state index in [1.165, 1.54) is 0 Å². The first-order valence-corrected chi connectivity index (χ1v) is 12.2. The molecule has 1 unspecified atom stereocenters. The van der Waals surface area contributed by atoms with Gasteiger partial charge in [0.15, 0.2) is 5.90 Å². The molecule has 0 bridgehead atoms. The van der Waals surface area contributed by atoms with Gasteiger partial charge in [0.2, 0.25) is 16.6 Å². The Kier molecular flexibility index (Phi) is 4.93. The Balaban J connectivity index is 4.40. The van der Waals surface area contributed by atoms with E-state index in [4.69, 9.17) is 14.3 Å². The molecule has 0 spiro atoms. The van der Waals surface area contributed by atoms with E-state index in [-0.39, 0.29) is 11.9 Å². The summed E-state index contributed by atoms with van der Waals surface area (Å²) in [5.74, 6) is -0.914. The maximum atomic E-state index is 11.7. The van der Waals surface area contributed by atoms with E-state index in [1.54, 1.807) is 6.92 Å². The van der Waals surface area contributed by atoms with Crippen LogP contribution in [0.1, 0.15) is 6.92 Å². The number of rotatable bonds is 4. The fourth-order valence-electron chi connectivity index (χ4n) is 0.915. The number of hydrogen-bond acceptors (Lipinski definition) is 4. The van der Waals surface area contributed by atoms with Gasteiger partial charge in [0, 0.05) is 0 Å². The normalized spacial score (nSPS) is 14.2. The lowest BCUT2D eigenvalue weighted by atomic mass is 10.2. The Morgan fingerprint density at radius 3 is 1.69 bits per heavy atom. The Bertz CT molecular complexity index is 251. The molecule has 0 heterocycles. The van der Waals surface area contributed by atoms with Crippen LogP contribution in [0.4, 0.5) is 0 Å². The molecule has 4 nitrogen and oxygen atoms in total. The summed E-state index contributed by atoms with van der Waals surface area (Å²) in [6, 6.07) is 0. The minimum Gasteiger partial charge on any atom is -0.534 e. The average molecular weight is 261 g/mol. The molecule has 0 aliphatic carbocycles. The zero-order chi connectivity index (χ0) is 13.1. The van der Waals surface area contributed by atoms with Gasteiger partial charge in [0.25, 0.3) is 0 Å². The van der Waals surface area contributed by atoms with E-state index in [0.717, 1.165) is 0 Å². The quantitative estimate of drug-likeness (QED) is 0.481. The summed E-state index contributed by atoms with van der Waals surface area (Å²) < 4.78 is 10.8. The molecule has 0 aliphatic heterocycles. The Morgan fingerprint density at radius 2 is 1.38 bits per heavy atom. The topological polar surface area (TPSA) is 59.4 Å². The summed E-state index contributed by atoms with van der Waals surface area (Å²) in [7, 11) is -3.69. The van der Waals surface area contributed by atoms with Crippen LogP contribution in [0, 0.1) is 11.3 Å². The van der Waals surface area contributed by atoms with E-state index in [2.05, 4.69) is 0 Å². The van der Waals surface area contributed by atoms with Crippen LogP contribution in [-0.2, 0) is 13.6 Å². The molecule has 0 aromatic carbocycles. The predicted octanol–water partition coefficient (Wildman–Crippen LogP) is 2.83. The Labute approximate surface area is 100 Å². The monoisotopic (exact) mass is 261 g/mol. The van der Waals surface area contributed by atoms with E-state index in [9.17, 15) is 4.79 Å². The molecule has 0 amide bonds. The van der Waals surface area contributed by atoms with Gasteiger partial charge in [0.05, 0.1) is 0 Å². The lowest BCUT2D eigenvalue weighted by Gasteiger charge is -2.25. The van der Waals surface area contributed by atoms with E-state index < -0.39 is 22.6 Å². The van der Waals surface area contributed by atoms with E-state index >= 15 is 0 Å². The third kappa shape index (κ3) is 6.78. The van der Waals surface area contributed by atoms with E-state index in [1.807, 2.05) is 39.3 Å². The second-order valence-electron chi connectivity index (χ2n) is 5.83. The predicted molar refractivity (Wildman–Crippen MR) is 70.8 cm³/mol. The van der Waals surface area contributed by atoms with Gasteiger partial charge in [-0.15, -0.1) is 0 Å². The summed E-state index contributed by atoms with van der Waals surface area (Å²) in [6.45, 7) is 13.4. The van der Waals surface area contributed by atoms with Crippen LogP contribution in [0.3, 0.4) is 0 Å². The molecule has 0 saturated carbocycles. The largest absolute Gasteiger partial charge is 0.534 e. The first-order valence-electron chi connectivity index (χ1n) is 5.43. The molecule has 0 aromatic rings. The van der Waals surface area contributed by atoms with Crippen molar-refractivity contribution in [3.63, 3.8) is 0 Å². The minimum absolute atomic E-state index is 0.0300. The third-order valence-corrected chi connectivity index (χ3v) is 3.22. The Morgan fingerprint density at radius 1 is 1.00 bits per heavy atom. The van der Waals surface area contributed by atoms with Crippen LogP contribution < -0.4 is 0 Å². The zero-order valence-electron chi connectivity index (χ0n) is 11.3. The van der Waals surface area contributed by atoms with Crippen molar-refractivity contribution in [2.45, 2.75) is 46.2 Å². The van der Waals surface area contributed by atoms with Crippen LogP contribution >= 0.6 is 0 Å². The van der Waals surface area contributed by atoms with Crippen molar-refractivity contribution in [1.82, 2.24) is 0 Å². The maximum absolute atomic E-state index is 11.7. The highest BCUT2D eigenvalue weighted by Crippen LogP contribution is 2.13. The molecule has 0 saturated heterocycles. The molecule has 1 N–H and O–H groups in total. The molecule has 0 fully saturated rings. The van der Waals surface area contributed by atoms with Gasteiger partial charge in [-0.05, 0) is 46.2 Å². The molecular formula is C10H23NO3Si2. The van der Waals surface area contributed by atoms with Crippen LogP contribution in [0.15, 0.2) is 0 Å². The molecule has 1 atom stereocenters. The average Bonchev–Trinajstić information content (AvgIpc) is 1.96. The molecule has 0 aromatic heterocycles. The van der Waals surface area contributed by atoms with Gasteiger partial charge >= 0.3 is 5.97 Å². The number of carbonyl (C=O) groups is 1. The highest BCUT2D eigenvalue weighted by Gasteiger charge is 2.29. The van der Waals surface area contributed by atoms with Crippen LogP contribution in [0.2, 0.25) is 39.3 Å². The number of nitrogens with one attached hydrogen (secondary N) is 1. The summed E-state index contributed by atoms with van der Waals surface area (Å²) in [5, 5.41) is 7.72. The summed E-state index contributed by atoms with van der Waals surface area (Å²) in [5.41, 5.74) is 0. The van der Waals surface area contributed by atoms with Crippen molar-refractivity contribution in [3.05, 3.63) is 0 Å². The lowest BCUT2D eigenvalue weighted by Crippen LogP contribution is -2.38.